The van der Waals surface area contributed by atoms with E-state index in [9.17, 15) is 0 Å². The summed E-state index contributed by atoms with van der Waals surface area (Å²) in [6.45, 7) is 0. The second kappa shape index (κ2) is 8.88. The first-order chi connectivity index (χ1) is 7.00. The Balaban J connectivity index is 2.19. The van der Waals surface area contributed by atoms with Gasteiger partial charge in [-0.25, -0.2) is 0 Å². The molecule has 0 aromatic carbocycles. The van der Waals surface area contributed by atoms with Gasteiger partial charge >= 0.3 is 0 Å². The zero-order chi connectivity index (χ0) is 9.90. The smallest absolute Gasteiger partial charge is 0.00886 e. The number of allylic oxidation sites excluding steroid dienone is 2. The Bertz CT molecular complexity index is 182. The van der Waals surface area contributed by atoms with Crippen LogP contribution in [0.5, 0.6) is 0 Å². The third kappa shape index (κ3) is 6.78. The van der Waals surface area contributed by atoms with Crippen molar-refractivity contribution < 1.29 is 0 Å². The minimum Gasteiger partial charge on any atom is -0.103 e. The summed E-state index contributed by atoms with van der Waals surface area (Å²) in [5.41, 5.74) is 0. The van der Waals surface area contributed by atoms with Crippen LogP contribution in [-0.4, -0.2) is 0 Å². The highest BCUT2D eigenvalue weighted by Gasteiger charge is 1.89. The van der Waals surface area contributed by atoms with Gasteiger partial charge in [-0.15, -0.1) is 11.8 Å². The first-order valence-corrected chi connectivity index (χ1v) is 6.11. The van der Waals surface area contributed by atoms with Crippen LogP contribution >= 0.6 is 0 Å². The van der Waals surface area contributed by atoms with E-state index < -0.39 is 0 Å². The van der Waals surface area contributed by atoms with Gasteiger partial charge in [0, 0.05) is 12.8 Å². The molecule has 0 atom stereocenters. The van der Waals surface area contributed by atoms with Gasteiger partial charge in [0.15, 0.2) is 0 Å². The Morgan fingerprint density at radius 2 is 1.07 bits per heavy atom. The molecule has 0 nitrogen and oxygen atoms in total. The van der Waals surface area contributed by atoms with Crippen molar-refractivity contribution in [1.82, 2.24) is 0 Å². The lowest BCUT2D eigenvalue weighted by Gasteiger charge is -1.97. The highest BCUT2D eigenvalue weighted by Crippen LogP contribution is 2.07. The fourth-order valence-electron chi connectivity index (χ4n) is 1.72. The minimum atomic E-state index is 1.11. The summed E-state index contributed by atoms with van der Waals surface area (Å²) < 4.78 is 0. The monoisotopic (exact) mass is 190 g/mol. The predicted octanol–water partition coefficient (Wildman–Crippen LogP) is 4.46. The van der Waals surface area contributed by atoms with Gasteiger partial charge in [0.25, 0.3) is 0 Å². The normalized spacial score (nSPS) is 22.9. The Hall–Kier alpha value is -0.700. The minimum absolute atomic E-state index is 1.11. The average Bonchev–Trinajstić information content (AvgIpc) is 2.22. The lowest BCUT2D eigenvalue weighted by molar-refractivity contribution is 0.685. The van der Waals surface area contributed by atoms with E-state index in [0.717, 1.165) is 12.8 Å². The molecule has 0 bridgehead atoms. The number of rotatable bonds is 0. The molecular weight excluding hydrogens is 168 g/mol. The maximum atomic E-state index is 3.27. The molecule has 0 heteroatoms. The molecule has 0 aromatic rings. The molecule has 1 rings (SSSR count). The lowest BCUT2D eigenvalue weighted by Crippen LogP contribution is -1.79. The third-order valence-corrected chi connectivity index (χ3v) is 2.64. The van der Waals surface area contributed by atoms with Crippen LogP contribution in [0.3, 0.4) is 0 Å². The molecule has 0 spiro atoms. The van der Waals surface area contributed by atoms with Gasteiger partial charge in [0.1, 0.15) is 0 Å². The Morgan fingerprint density at radius 3 is 1.57 bits per heavy atom. The van der Waals surface area contributed by atoms with Crippen LogP contribution in [0.2, 0.25) is 0 Å². The zero-order valence-corrected chi connectivity index (χ0v) is 9.23. The van der Waals surface area contributed by atoms with E-state index in [0.29, 0.717) is 0 Å². The van der Waals surface area contributed by atoms with E-state index in [1.807, 2.05) is 0 Å². The van der Waals surface area contributed by atoms with Gasteiger partial charge in [-0.3, -0.25) is 0 Å². The van der Waals surface area contributed by atoms with E-state index in [-0.39, 0.29) is 0 Å². The summed E-state index contributed by atoms with van der Waals surface area (Å²) >= 11 is 0. The van der Waals surface area contributed by atoms with E-state index in [4.69, 9.17) is 0 Å². The van der Waals surface area contributed by atoms with Gasteiger partial charge in [0.05, 0.1) is 0 Å². The maximum absolute atomic E-state index is 3.27. The first-order valence-electron chi connectivity index (χ1n) is 6.11. The van der Waals surface area contributed by atoms with Crippen molar-refractivity contribution in [2.45, 2.75) is 64.2 Å². The molecule has 1 aliphatic rings. The quantitative estimate of drug-likeness (QED) is 0.391. The summed E-state index contributed by atoms with van der Waals surface area (Å²) in [6, 6.07) is 0. The number of hydrogen-bond donors (Lipinski definition) is 0. The molecule has 0 saturated carbocycles. The van der Waals surface area contributed by atoms with Crippen LogP contribution in [0.4, 0.5) is 0 Å². The molecule has 0 radical (unpaired) electrons. The van der Waals surface area contributed by atoms with Gasteiger partial charge in [0.2, 0.25) is 0 Å². The molecule has 78 valence electrons. The van der Waals surface area contributed by atoms with Crippen LogP contribution < -0.4 is 0 Å². The highest BCUT2D eigenvalue weighted by molar-refractivity contribution is 4.98. The molecule has 14 heavy (non-hydrogen) atoms. The van der Waals surface area contributed by atoms with Crippen molar-refractivity contribution in [2.24, 2.45) is 0 Å². The fourth-order valence-corrected chi connectivity index (χ4v) is 1.72. The Labute approximate surface area is 88.8 Å². The van der Waals surface area contributed by atoms with Crippen LogP contribution in [0.25, 0.3) is 0 Å². The maximum Gasteiger partial charge on any atom is 0.00886 e. The Morgan fingerprint density at radius 1 is 0.571 bits per heavy atom. The molecule has 0 unspecified atom stereocenters. The van der Waals surface area contributed by atoms with E-state index >= 15 is 0 Å². The van der Waals surface area contributed by atoms with Crippen LogP contribution in [-0.2, 0) is 0 Å². The average molecular weight is 190 g/mol. The van der Waals surface area contributed by atoms with Crippen molar-refractivity contribution in [3.63, 3.8) is 0 Å². The fraction of sp³-hybridized carbons (Fsp3) is 0.714. The standard InChI is InChI=1S/C14H22/c1-2-4-6-8-10-12-14-13-11-9-7-5-3-1/h1-2H,3-12H2/b2-1-. The molecule has 0 aliphatic heterocycles. The second-order valence-electron chi connectivity index (χ2n) is 4.02. The van der Waals surface area contributed by atoms with Gasteiger partial charge in [-0.2, -0.15) is 0 Å². The molecule has 0 heterocycles. The predicted molar refractivity (Wildman–Crippen MR) is 63.1 cm³/mol. The molecule has 0 amide bonds. The molecular formula is C14H22. The summed E-state index contributed by atoms with van der Waals surface area (Å²) in [6.07, 6.45) is 17.5. The lowest BCUT2D eigenvalue weighted by atomic mass is 10.1. The third-order valence-electron chi connectivity index (χ3n) is 2.64. The van der Waals surface area contributed by atoms with E-state index in [1.165, 1.54) is 51.4 Å². The summed E-state index contributed by atoms with van der Waals surface area (Å²) in [5, 5.41) is 0. The van der Waals surface area contributed by atoms with Crippen LogP contribution in [0, 0.1) is 11.8 Å². The SMILES string of the molecule is C1#CCCCCC/C=C\CCCCC1. The highest BCUT2D eigenvalue weighted by atomic mass is 13.9. The summed E-state index contributed by atoms with van der Waals surface area (Å²) in [4.78, 5) is 0. The van der Waals surface area contributed by atoms with Gasteiger partial charge < -0.3 is 0 Å². The number of hydrogen-bond acceptors (Lipinski definition) is 0. The van der Waals surface area contributed by atoms with Gasteiger partial charge in [-0.05, 0) is 38.5 Å². The van der Waals surface area contributed by atoms with Crippen molar-refractivity contribution in [3.05, 3.63) is 12.2 Å². The molecule has 0 N–H and O–H groups in total. The van der Waals surface area contributed by atoms with Gasteiger partial charge in [-0.1, -0.05) is 25.0 Å². The second-order valence-corrected chi connectivity index (χ2v) is 4.02. The van der Waals surface area contributed by atoms with Crippen molar-refractivity contribution in [3.8, 4) is 11.8 Å². The zero-order valence-electron chi connectivity index (χ0n) is 9.23. The largest absolute Gasteiger partial charge is 0.103 e. The van der Waals surface area contributed by atoms with Crippen molar-refractivity contribution in [1.29, 1.82) is 0 Å². The van der Waals surface area contributed by atoms with Crippen LogP contribution in [0.1, 0.15) is 64.2 Å². The van der Waals surface area contributed by atoms with E-state index in [2.05, 4.69) is 24.0 Å². The van der Waals surface area contributed by atoms with E-state index in [1.54, 1.807) is 0 Å². The molecule has 0 aromatic heterocycles. The molecule has 1 aliphatic carbocycles. The summed E-state index contributed by atoms with van der Waals surface area (Å²) in [7, 11) is 0. The molecule has 0 saturated heterocycles. The summed E-state index contributed by atoms with van der Waals surface area (Å²) in [5.74, 6) is 6.54. The van der Waals surface area contributed by atoms with Crippen LogP contribution in [0.15, 0.2) is 12.2 Å². The Kier molecular flexibility index (Phi) is 7.21. The first kappa shape index (κ1) is 11.4. The van der Waals surface area contributed by atoms with Crippen molar-refractivity contribution in [2.75, 3.05) is 0 Å². The molecule has 0 fully saturated rings. The van der Waals surface area contributed by atoms with Crippen molar-refractivity contribution >= 4 is 0 Å². The topological polar surface area (TPSA) is 0 Å².